The second-order valence-corrected chi connectivity index (χ2v) is 7.01. The van der Waals surface area contributed by atoms with Gasteiger partial charge in [-0.3, -0.25) is 10.1 Å². The number of hydrogen-bond donors (Lipinski definition) is 2. The molecule has 130 valence electrons. The average Bonchev–Trinajstić information content (AvgIpc) is 3.23. The van der Waals surface area contributed by atoms with E-state index in [1.807, 2.05) is 25.2 Å². The van der Waals surface area contributed by atoms with Crippen molar-refractivity contribution in [3.63, 3.8) is 0 Å². The fraction of sp³-hybridized carbons (Fsp3) is 0.0588. The molecule has 0 spiro atoms. The lowest BCUT2D eigenvalue weighted by Crippen LogP contribution is -2.13. The average molecular weight is 385 g/mol. The van der Waals surface area contributed by atoms with Crippen LogP contribution in [0.5, 0.6) is 0 Å². The Labute approximate surface area is 157 Å². The monoisotopic (exact) mass is 384 g/mol. The predicted octanol–water partition coefficient (Wildman–Crippen LogP) is 3.58. The number of rotatable bonds is 3. The van der Waals surface area contributed by atoms with E-state index in [0.29, 0.717) is 27.1 Å². The number of amides is 1. The number of thiophene rings is 1. The van der Waals surface area contributed by atoms with Crippen LogP contribution in [0.2, 0.25) is 5.02 Å². The van der Waals surface area contributed by atoms with Gasteiger partial charge in [-0.05, 0) is 30.3 Å². The summed E-state index contributed by atoms with van der Waals surface area (Å²) in [6.45, 7) is 0. The van der Waals surface area contributed by atoms with E-state index in [1.165, 1.54) is 11.3 Å². The second kappa shape index (κ2) is 6.40. The lowest BCUT2D eigenvalue weighted by molar-refractivity contribution is 0.102. The third-order valence-electron chi connectivity index (χ3n) is 3.84. The van der Waals surface area contributed by atoms with Gasteiger partial charge in [0.1, 0.15) is 5.52 Å². The number of carbonyl (C=O) groups excluding carboxylic acids is 1. The molecule has 7 nitrogen and oxygen atoms in total. The fourth-order valence-corrected chi connectivity index (χ4v) is 3.65. The van der Waals surface area contributed by atoms with Gasteiger partial charge in [0.25, 0.3) is 5.91 Å². The van der Waals surface area contributed by atoms with E-state index >= 15 is 0 Å². The SMILES string of the molecule is Cn1c(NC(=O)c2ccc(-c3ccnc(N)n3)s2)nc2c(Cl)cccc21. The highest BCUT2D eigenvalue weighted by Gasteiger charge is 2.16. The number of nitrogens with two attached hydrogens (primary N) is 1. The van der Waals surface area contributed by atoms with Crippen LogP contribution in [0, 0.1) is 0 Å². The van der Waals surface area contributed by atoms with Gasteiger partial charge in [0.2, 0.25) is 11.9 Å². The van der Waals surface area contributed by atoms with Gasteiger partial charge in [0.15, 0.2) is 0 Å². The number of benzene rings is 1. The molecule has 0 saturated heterocycles. The maximum absolute atomic E-state index is 12.6. The van der Waals surface area contributed by atoms with Crippen molar-refractivity contribution in [3.8, 4) is 10.6 Å². The highest BCUT2D eigenvalue weighted by molar-refractivity contribution is 7.17. The summed E-state index contributed by atoms with van der Waals surface area (Å²) in [6.07, 6.45) is 1.58. The summed E-state index contributed by atoms with van der Waals surface area (Å²) in [4.78, 5) is 26.4. The maximum atomic E-state index is 12.6. The number of hydrogen-bond acceptors (Lipinski definition) is 6. The molecule has 0 unspecified atom stereocenters. The normalized spacial score (nSPS) is 11.0. The van der Waals surface area contributed by atoms with Crippen LogP contribution in [0.25, 0.3) is 21.6 Å². The standard InChI is InChI=1S/C17H13ClN6OS/c1-24-11-4-2-3-9(18)14(11)22-17(24)23-15(25)13-6-5-12(26-13)10-7-8-20-16(19)21-10/h2-8H,1H3,(H2,19,20,21)(H,22,23,25). The summed E-state index contributed by atoms with van der Waals surface area (Å²) in [5.74, 6) is 0.371. The molecular weight excluding hydrogens is 372 g/mol. The lowest BCUT2D eigenvalue weighted by atomic mass is 10.3. The first kappa shape index (κ1) is 16.5. The lowest BCUT2D eigenvalue weighted by Gasteiger charge is -2.03. The Morgan fingerprint density at radius 3 is 2.85 bits per heavy atom. The maximum Gasteiger partial charge on any atom is 0.268 e. The molecule has 0 bridgehead atoms. The Bertz CT molecular complexity index is 1140. The molecule has 0 saturated carbocycles. The number of nitrogens with one attached hydrogen (secondary N) is 1. The minimum Gasteiger partial charge on any atom is -0.368 e. The number of aromatic nitrogens is 4. The third-order valence-corrected chi connectivity index (χ3v) is 5.26. The van der Waals surface area contributed by atoms with Crippen LogP contribution in [0.1, 0.15) is 9.67 Å². The molecule has 0 fully saturated rings. The highest BCUT2D eigenvalue weighted by Crippen LogP contribution is 2.28. The molecule has 0 aliphatic carbocycles. The first-order chi connectivity index (χ1) is 12.5. The number of halogens is 1. The first-order valence-corrected chi connectivity index (χ1v) is 8.83. The highest BCUT2D eigenvalue weighted by atomic mass is 35.5. The van der Waals surface area contributed by atoms with Crippen molar-refractivity contribution in [3.05, 3.63) is 52.5 Å². The first-order valence-electron chi connectivity index (χ1n) is 7.64. The van der Waals surface area contributed by atoms with Crippen molar-refractivity contribution in [2.75, 3.05) is 11.1 Å². The van der Waals surface area contributed by atoms with Crippen LogP contribution in [0.15, 0.2) is 42.6 Å². The zero-order valence-electron chi connectivity index (χ0n) is 13.6. The molecule has 1 amide bonds. The van der Waals surface area contributed by atoms with Crippen LogP contribution < -0.4 is 11.1 Å². The van der Waals surface area contributed by atoms with Crippen LogP contribution in [0.3, 0.4) is 0 Å². The molecule has 3 aromatic heterocycles. The molecule has 1 aromatic carbocycles. The van der Waals surface area contributed by atoms with Crippen LogP contribution in [-0.2, 0) is 7.05 Å². The molecule has 0 aliphatic heterocycles. The molecule has 4 rings (SSSR count). The summed E-state index contributed by atoms with van der Waals surface area (Å²) in [6, 6.07) is 10.8. The number of carbonyl (C=O) groups is 1. The molecule has 0 atom stereocenters. The van der Waals surface area contributed by atoms with Gasteiger partial charge in [-0.2, -0.15) is 0 Å². The molecule has 3 heterocycles. The van der Waals surface area contributed by atoms with E-state index in [4.69, 9.17) is 17.3 Å². The van der Waals surface area contributed by atoms with Gasteiger partial charge in [-0.15, -0.1) is 11.3 Å². The minimum absolute atomic E-state index is 0.193. The zero-order chi connectivity index (χ0) is 18.3. The molecule has 0 radical (unpaired) electrons. The van der Waals surface area contributed by atoms with Crippen molar-refractivity contribution in [1.29, 1.82) is 0 Å². The Kier molecular flexibility index (Phi) is 4.06. The summed E-state index contributed by atoms with van der Waals surface area (Å²) in [5, 5.41) is 3.37. The van der Waals surface area contributed by atoms with Crippen molar-refractivity contribution in [2.24, 2.45) is 7.05 Å². The van der Waals surface area contributed by atoms with Crippen molar-refractivity contribution in [1.82, 2.24) is 19.5 Å². The number of anilines is 2. The van der Waals surface area contributed by atoms with Crippen molar-refractivity contribution < 1.29 is 4.79 Å². The van der Waals surface area contributed by atoms with Gasteiger partial charge in [0.05, 0.1) is 26.0 Å². The minimum atomic E-state index is -0.252. The van der Waals surface area contributed by atoms with Crippen molar-refractivity contribution >= 4 is 51.8 Å². The summed E-state index contributed by atoms with van der Waals surface area (Å²) in [5.41, 5.74) is 7.78. The zero-order valence-corrected chi connectivity index (χ0v) is 15.2. The fourth-order valence-electron chi connectivity index (χ4n) is 2.56. The quantitative estimate of drug-likeness (QED) is 0.562. The van der Waals surface area contributed by atoms with Crippen molar-refractivity contribution in [2.45, 2.75) is 0 Å². The van der Waals surface area contributed by atoms with Gasteiger partial charge < -0.3 is 10.3 Å². The topological polar surface area (TPSA) is 98.7 Å². The number of para-hydroxylation sites is 1. The second-order valence-electron chi connectivity index (χ2n) is 5.52. The van der Waals surface area contributed by atoms with Crippen LogP contribution in [-0.4, -0.2) is 25.4 Å². The number of fused-ring (bicyclic) bond motifs is 1. The van der Waals surface area contributed by atoms with E-state index in [0.717, 1.165) is 10.4 Å². The number of aryl methyl sites for hydroxylation is 1. The van der Waals surface area contributed by atoms with E-state index < -0.39 is 0 Å². The van der Waals surface area contributed by atoms with E-state index in [1.54, 1.807) is 29.0 Å². The van der Waals surface area contributed by atoms with Gasteiger partial charge in [-0.25, -0.2) is 15.0 Å². The molecule has 26 heavy (non-hydrogen) atoms. The van der Waals surface area contributed by atoms with Crippen LogP contribution >= 0.6 is 22.9 Å². The molecule has 3 N–H and O–H groups in total. The van der Waals surface area contributed by atoms with Gasteiger partial charge in [-0.1, -0.05) is 17.7 Å². The number of nitrogens with zero attached hydrogens (tertiary/aromatic N) is 4. The Morgan fingerprint density at radius 2 is 2.08 bits per heavy atom. The smallest absolute Gasteiger partial charge is 0.268 e. The van der Waals surface area contributed by atoms with Crippen LogP contribution in [0.4, 0.5) is 11.9 Å². The Morgan fingerprint density at radius 1 is 1.23 bits per heavy atom. The van der Waals surface area contributed by atoms with E-state index in [-0.39, 0.29) is 11.9 Å². The van der Waals surface area contributed by atoms with Gasteiger partial charge >= 0.3 is 0 Å². The molecule has 0 aliphatic rings. The van der Waals surface area contributed by atoms with E-state index in [2.05, 4.69) is 20.3 Å². The third kappa shape index (κ3) is 2.89. The molecular formula is C17H13ClN6OS. The molecule has 4 aromatic rings. The summed E-state index contributed by atoms with van der Waals surface area (Å²) in [7, 11) is 1.82. The Balaban J connectivity index is 1.62. The predicted molar refractivity (Wildman–Crippen MR) is 103 cm³/mol. The molecule has 9 heteroatoms. The van der Waals surface area contributed by atoms with E-state index in [9.17, 15) is 4.79 Å². The number of imidazole rings is 1. The van der Waals surface area contributed by atoms with Gasteiger partial charge in [0, 0.05) is 13.2 Å². The summed E-state index contributed by atoms with van der Waals surface area (Å²) >= 11 is 7.49. The Hall–Kier alpha value is -2.97. The largest absolute Gasteiger partial charge is 0.368 e. The summed E-state index contributed by atoms with van der Waals surface area (Å²) < 4.78 is 1.79. The number of nitrogen functional groups attached to an aromatic ring is 1.